The van der Waals surface area contributed by atoms with Crippen molar-refractivity contribution in [3.05, 3.63) is 89.6 Å². The van der Waals surface area contributed by atoms with Gasteiger partial charge in [-0.3, -0.25) is 19.4 Å². The van der Waals surface area contributed by atoms with E-state index in [1.54, 1.807) is 24.3 Å². The Labute approximate surface area is 247 Å². The zero-order valence-corrected chi connectivity index (χ0v) is 24.1. The second-order valence-electron chi connectivity index (χ2n) is 11.1. The van der Waals surface area contributed by atoms with Crippen LogP contribution in [0.2, 0.25) is 0 Å². The van der Waals surface area contributed by atoms with E-state index in [1.807, 2.05) is 13.8 Å². The molecule has 0 N–H and O–H groups in total. The van der Waals surface area contributed by atoms with Crippen LogP contribution < -0.4 is 14.2 Å². The number of ether oxygens (including phenoxy) is 3. The van der Waals surface area contributed by atoms with E-state index in [2.05, 4.69) is 4.98 Å². The van der Waals surface area contributed by atoms with Crippen LogP contribution in [0, 0.1) is 17.0 Å². The summed E-state index contributed by atoms with van der Waals surface area (Å²) in [6.07, 6.45) is 2.19. The molecule has 0 atom stereocenters. The number of pyridine rings is 1. The van der Waals surface area contributed by atoms with Crippen LogP contribution in [0.3, 0.4) is 0 Å². The van der Waals surface area contributed by atoms with Gasteiger partial charge in [-0.1, -0.05) is 18.2 Å². The summed E-state index contributed by atoms with van der Waals surface area (Å²) in [4.78, 5) is 41.9. The SMILES string of the molecule is CC(=O)COc1cc2nccc(Oc3ccc(CC(=O)C4(C(=O)Cc5ccc(F)cc5)CC4)cc3F)c2cc1OC(C)C. The number of carbonyl (C=O) groups excluding carboxylic acids is 3. The Morgan fingerprint density at radius 2 is 1.51 bits per heavy atom. The second-order valence-corrected chi connectivity index (χ2v) is 11.1. The molecular weight excluding hydrogens is 556 g/mol. The molecule has 0 spiro atoms. The summed E-state index contributed by atoms with van der Waals surface area (Å²) in [6.45, 7) is 5.00. The molecule has 1 aliphatic rings. The van der Waals surface area contributed by atoms with E-state index in [9.17, 15) is 18.8 Å². The van der Waals surface area contributed by atoms with Crippen LogP contribution in [-0.2, 0) is 27.2 Å². The molecule has 0 aliphatic heterocycles. The first kappa shape index (κ1) is 29.8. The Morgan fingerprint density at radius 3 is 2.14 bits per heavy atom. The molecule has 1 heterocycles. The van der Waals surface area contributed by atoms with E-state index in [1.165, 1.54) is 49.5 Å². The molecule has 0 bridgehead atoms. The normalized spacial score (nSPS) is 13.5. The first-order valence-electron chi connectivity index (χ1n) is 14.0. The topological polar surface area (TPSA) is 91.8 Å². The van der Waals surface area contributed by atoms with Gasteiger partial charge in [0.2, 0.25) is 0 Å². The second kappa shape index (κ2) is 12.3. The van der Waals surface area contributed by atoms with E-state index in [0.29, 0.717) is 52.1 Å². The van der Waals surface area contributed by atoms with Crippen LogP contribution in [0.4, 0.5) is 8.78 Å². The van der Waals surface area contributed by atoms with Gasteiger partial charge in [0.15, 0.2) is 40.4 Å². The Morgan fingerprint density at radius 1 is 0.837 bits per heavy atom. The Hall–Kier alpha value is -4.66. The standard InChI is InChI=1S/C34H31F2NO6/c1-20(2)42-31-17-25-27(18-30(31)41-19-21(3)38)37-13-10-28(25)43-29-9-6-23(14-26(29)36)16-33(40)34(11-12-34)32(39)15-22-4-7-24(35)8-5-22/h4-10,13-14,17-18,20H,11-12,15-16,19H2,1-3H3. The average molecular weight is 588 g/mol. The lowest BCUT2D eigenvalue weighted by Gasteiger charge is -2.17. The van der Waals surface area contributed by atoms with Crippen molar-refractivity contribution in [2.45, 2.75) is 52.6 Å². The number of benzene rings is 3. The number of halogens is 2. The van der Waals surface area contributed by atoms with Crippen molar-refractivity contribution in [2.24, 2.45) is 5.41 Å². The third-order valence-electron chi connectivity index (χ3n) is 7.24. The number of hydrogen-bond donors (Lipinski definition) is 0. The van der Waals surface area contributed by atoms with Crippen molar-refractivity contribution in [2.75, 3.05) is 6.61 Å². The fourth-order valence-electron chi connectivity index (χ4n) is 4.86. The maximum Gasteiger partial charge on any atom is 0.167 e. The summed E-state index contributed by atoms with van der Waals surface area (Å²) in [5.41, 5.74) is 0.494. The third kappa shape index (κ3) is 6.88. The molecule has 9 heteroatoms. The van der Waals surface area contributed by atoms with Crippen molar-refractivity contribution >= 4 is 28.3 Å². The fraction of sp³-hybridized carbons (Fsp3) is 0.294. The lowest BCUT2D eigenvalue weighted by molar-refractivity contribution is -0.134. The average Bonchev–Trinajstić information content (AvgIpc) is 3.77. The quantitative estimate of drug-likeness (QED) is 0.160. The maximum atomic E-state index is 15.2. The zero-order chi connectivity index (χ0) is 30.7. The molecule has 1 aromatic heterocycles. The summed E-state index contributed by atoms with van der Waals surface area (Å²) in [5.74, 6) is -0.663. The highest BCUT2D eigenvalue weighted by atomic mass is 19.1. The van der Waals surface area contributed by atoms with Gasteiger partial charge in [0, 0.05) is 30.5 Å². The molecule has 3 aromatic carbocycles. The summed E-state index contributed by atoms with van der Waals surface area (Å²) < 4.78 is 45.9. The summed E-state index contributed by atoms with van der Waals surface area (Å²) in [6, 6.07) is 14.8. The highest BCUT2D eigenvalue weighted by molar-refractivity contribution is 6.11. The molecule has 1 fully saturated rings. The molecule has 0 unspecified atom stereocenters. The van der Waals surface area contributed by atoms with Gasteiger partial charge in [-0.2, -0.15) is 0 Å². The lowest BCUT2D eigenvalue weighted by Crippen LogP contribution is -2.28. The maximum absolute atomic E-state index is 15.2. The van der Waals surface area contributed by atoms with Crippen molar-refractivity contribution < 1.29 is 37.4 Å². The number of fused-ring (bicyclic) bond motifs is 1. The van der Waals surface area contributed by atoms with E-state index < -0.39 is 17.0 Å². The number of hydrogen-bond acceptors (Lipinski definition) is 7. The minimum absolute atomic E-state index is 0.0430. The van der Waals surface area contributed by atoms with Crippen LogP contribution in [-0.4, -0.2) is 35.0 Å². The van der Waals surface area contributed by atoms with Crippen LogP contribution in [0.5, 0.6) is 23.0 Å². The summed E-state index contributed by atoms with van der Waals surface area (Å²) >= 11 is 0. The first-order chi connectivity index (χ1) is 20.5. The summed E-state index contributed by atoms with van der Waals surface area (Å²) in [7, 11) is 0. The van der Waals surface area contributed by atoms with Crippen molar-refractivity contribution in [1.29, 1.82) is 0 Å². The van der Waals surface area contributed by atoms with Gasteiger partial charge in [-0.15, -0.1) is 0 Å². The summed E-state index contributed by atoms with van der Waals surface area (Å²) in [5, 5.41) is 0.544. The monoisotopic (exact) mass is 587 g/mol. The van der Waals surface area contributed by atoms with Gasteiger partial charge in [0.05, 0.1) is 17.0 Å². The zero-order valence-electron chi connectivity index (χ0n) is 24.1. The first-order valence-corrected chi connectivity index (χ1v) is 14.0. The lowest BCUT2D eigenvalue weighted by atomic mass is 9.88. The third-order valence-corrected chi connectivity index (χ3v) is 7.24. The molecular formula is C34H31F2NO6. The molecule has 43 heavy (non-hydrogen) atoms. The highest BCUT2D eigenvalue weighted by Crippen LogP contribution is 2.49. The van der Waals surface area contributed by atoms with E-state index in [0.717, 1.165) is 0 Å². The van der Waals surface area contributed by atoms with Crippen LogP contribution >= 0.6 is 0 Å². The molecule has 222 valence electrons. The number of rotatable bonds is 13. The Balaban J connectivity index is 1.32. The van der Waals surface area contributed by atoms with E-state index in [4.69, 9.17) is 14.2 Å². The van der Waals surface area contributed by atoms with Gasteiger partial charge in [-0.05, 0) is 81.1 Å². The van der Waals surface area contributed by atoms with Gasteiger partial charge < -0.3 is 14.2 Å². The number of carbonyl (C=O) groups is 3. The molecule has 0 radical (unpaired) electrons. The van der Waals surface area contributed by atoms with E-state index in [-0.39, 0.29) is 48.7 Å². The predicted molar refractivity (Wildman–Crippen MR) is 156 cm³/mol. The van der Waals surface area contributed by atoms with Crippen molar-refractivity contribution in [3.63, 3.8) is 0 Å². The van der Waals surface area contributed by atoms with Crippen molar-refractivity contribution in [1.82, 2.24) is 4.98 Å². The van der Waals surface area contributed by atoms with Crippen LogP contribution in [0.1, 0.15) is 44.7 Å². The molecule has 1 saturated carbocycles. The van der Waals surface area contributed by atoms with Crippen LogP contribution in [0.15, 0.2) is 66.9 Å². The van der Waals surface area contributed by atoms with Gasteiger partial charge in [0.25, 0.3) is 0 Å². The van der Waals surface area contributed by atoms with Crippen molar-refractivity contribution in [3.8, 4) is 23.0 Å². The molecule has 1 aliphatic carbocycles. The minimum atomic E-state index is -1.07. The largest absolute Gasteiger partial charge is 0.487 e. The molecule has 7 nitrogen and oxygen atoms in total. The van der Waals surface area contributed by atoms with Gasteiger partial charge in [0.1, 0.15) is 18.2 Å². The number of ketones is 3. The molecule has 5 rings (SSSR count). The minimum Gasteiger partial charge on any atom is -0.487 e. The smallest absolute Gasteiger partial charge is 0.167 e. The van der Waals surface area contributed by atoms with Gasteiger partial charge >= 0.3 is 0 Å². The number of nitrogens with zero attached hydrogens (tertiary/aromatic N) is 1. The Kier molecular flexibility index (Phi) is 8.52. The fourth-order valence-corrected chi connectivity index (χ4v) is 4.86. The van der Waals surface area contributed by atoms with E-state index >= 15 is 4.39 Å². The number of aromatic nitrogens is 1. The Bertz CT molecular complexity index is 1700. The molecule has 0 saturated heterocycles. The van der Waals surface area contributed by atoms with Gasteiger partial charge in [-0.25, -0.2) is 8.78 Å². The number of Topliss-reactive ketones (excluding diaryl/α,β-unsaturated/α-hetero) is 3. The highest BCUT2D eigenvalue weighted by Gasteiger charge is 2.54. The molecule has 4 aromatic rings. The molecule has 0 amide bonds. The van der Waals surface area contributed by atoms with Crippen LogP contribution in [0.25, 0.3) is 10.9 Å². The predicted octanol–water partition coefficient (Wildman–Crippen LogP) is 6.76.